The number of nitrogens with one attached hydrogen (secondary N) is 1. The summed E-state index contributed by atoms with van der Waals surface area (Å²) < 4.78 is 53.4. The van der Waals surface area contributed by atoms with E-state index >= 15 is 0 Å². The van der Waals surface area contributed by atoms with Gasteiger partial charge in [-0.25, -0.2) is 0 Å². The average Bonchev–Trinajstić information content (AvgIpc) is 2.66. The monoisotopic (exact) mass is 433 g/mol. The Balaban J connectivity index is 3.03. The standard InChI is InChI=1S/C20H23ClF3NO4/c1-5-16(7-6-13(2)20(22,23)24)25-19(26)17-11-15(21)10-14(18(17)28-4)12-29-9-8-27-3/h5-7,10-11H,2,8-9,12H2,1,3-4H3,(H,25,26)/b7-6-,16-5+. The fourth-order valence-corrected chi connectivity index (χ4v) is 2.43. The lowest BCUT2D eigenvalue weighted by Gasteiger charge is -2.15. The van der Waals surface area contributed by atoms with E-state index in [9.17, 15) is 18.0 Å². The first-order valence-corrected chi connectivity index (χ1v) is 8.86. The minimum atomic E-state index is -4.55. The van der Waals surface area contributed by atoms with Crippen molar-refractivity contribution < 1.29 is 32.2 Å². The molecular formula is C20H23ClF3NO4. The van der Waals surface area contributed by atoms with Crippen molar-refractivity contribution in [2.24, 2.45) is 0 Å². The van der Waals surface area contributed by atoms with Crippen LogP contribution < -0.4 is 10.1 Å². The predicted octanol–water partition coefficient (Wildman–Crippen LogP) is 4.82. The number of halogens is 4. The van der Waals surface area contributed by atoms with Gasteiger partial charge in [0, 0.05) is 29.0 Å². The summed E-state index contributed by atoms with van der Waals surface area (Å²) >= 11 is 6.11. The van der Waals surface area contributed by atoms with E-state index in [4.69, 9.17) is 25.8 Å². The maximum atomic E-state index is 12.7. The smallest absolute Gasteiger partial charge is 0.415 e. The molecule has 1 amide bonds. The summed E-state index contributed by atoms with van der Waals surface area (Å²) in [4.78, 5) is 12.7. The molecule has 0 radical (unpaired) electrons. The molecular weight excluding hydrogens is 411 g/mol. The summed E-state index contributed by atoms with van der Waals surface area (Å²) in [6.45, 7) is 5.39. The largest absolute Gasteiger partial charge is 0.496 e. The van der Waals surface area contributed by atoms with Crippen molar-refractivity contribution in [2.45, 2.75) is 19.7 Å². The molecule has 1 rings (SSSR count). The molecule has 0 fully saturated rings. The number of benzene rings is 1. The predicted molar refractivity (Wildman–Crippen MR) is 105 cm³/mol. The van der Waals surface area contributed by atoms with Crippen LogP contribution in [-0.4, -0.2) is 39.5 Å². The number of carbonyl (C=O) groups excluding carboxylic acids is 1. The molecule has 5 nitrogen and oxygen atoms in total. The molecule has 1 aromatic rings. The van der Waals surface area contributed by atoms with Crippen LogP contribution in [0.3, 0.4) is 0 Å². The van der Waals surface area contributed by atoms with Gasteiger partial charge in [-0.3, -0.25) is 4.79 Å². The number of hydrogen-bond donors (Lipinski definition) is 1. The first-order chi connectivity index (χ1) is 13.6. The topological polar surface area (TPSA) is 56.8 Å². The molecule has 9 heteroatoms. The maximum Gasteiger partial charge on any atom is 0.415 e. The highest BCUT2D eigenvalue weighted by molar-refractivity contribution is 6.31. The van der Waals surface area contributed by atoms with Crippen molar-refractivity contribution in [3.8, 4) is 5.75 Å². The van der Waals surface area contributed by atoms with Crippen LogP contribution in [0.2, 0.25) is 5.02 Å². The van der Waals surface area contributed by atoms with Gasteiger partial charge in [0.2, 0.25) is 0 Å². The third-order valence-electron chi connectivity index (χ3n) is 3.67. The Kier molecular flexibility index (Phi) is 9.94. The quantitative estimate of drug-likeness (QED) is 0.424. The summed E-state index contributed by atoms with van der Waals surface area (Å²) in [5.74, 6) is -0.346. The van der Waals surface area contributed by atoms with Crippen LogP contribution in [0.1, 0.15) is 22.8 Å². The molecule has 0 saturated carbocycles. The Labute approximate surface area is 172 Å². The zero-order chi connectivity index (χ0) is 22.0. The summed E-state index contributed by atoms with van der Waals surface area (Å²) in [5, 5.41) is 2.80. The second-order valence-electron chi connectivity index (χ2n) is 5.75. The van der Waals surface area contributed by atoms with Crippen LogP contribution in [0, 0.1) is 0 Å². The van der Waals surface area contributed by atoms with Gasteiger partial charge < -0.3 is 19.5 Å². The number of rotatable bonds is 10. The molecule has 0 atom stereocenters. The fraction of sp³-hybridized carbons (Fsp3) is 0.350. The normalized spacial score (nSPS) is 12.3. The number of ether oxygens (including phenoxy) is 3. The van der Waals surface area contributed by atoms with Crippen molar-refractivity contribution >= 4 is 17.5 Å². The van der Waals surface area contributed by atoms with E-state index in [0.29, 0.717) is 18.8 Å². The van der Waals surface area contributed by atoms with Gasteiger partial charge in [0.25, 0.3) is 5.91 Å². The summed E-state index contributed by atoms with van der Waals surface area (Å²) in [6.07, 6.45) is -1.21. The van der Waals surface area contributed by atoms with Crippen LogP contribution in [0.15, 0.2) is 48.2 Å². The van der Waals surface area contributed by atoms with E-state index in [2.05, 4.69) is 11.9 Å². The van der Waals surface area contributed by atoms with Crippen molar-refractivity contribution in [3.05, 3.63) is 64.4 Å². The molecule has 0 spiro atoms. The Morgan fingerprint density at radius 2 is 1.93 bits per heavy atom. The molecule has 29 heavy (non-hydrogen) atoms. The highest BCUT2D eigenvalue weighted by Crippen LogP contribution is 2.29. The third-order valence-corrected chi connectivity index (χ3v) is 3.88. The summed E-state index contributed by atoms with van der Waals surface area (Å²) in [6, 6.07) is 3.01. The molecule has 0 saturated heterocycles. The van der Waals surface area contributed by atoms with Crippen molar-refractivity contribution in [2.75, 3.05) is 27.4 Å². The first kappa shape index (κ1) is 24.7. The van der Waals surface area contributed by atoms with Gasteiger partial charge in [0.05, 0.1) is 32.5 Å². The number of alkyl halides is 3. The number of methoxy groups -OCH3 is 2. The van der Waals surface area contributed by atoms with Crippen LogP contribution in [-0.2, 0) is 16.1 Å². The van der Waals surface area contributed by atoms with Gasteiger partial charge in [-0.1, -0.05) is 24.3 Å². The van der Waals surface area contributed by atoms with Crippen molar-refractivity contribution in [1.82, 2.24) is 5.32 Å². The summed E-state index contributed by atoms with van der Waals surface area (Å²) in [7, 11) is 2.94. The lowest BCUT2D eigenvalue weighted by molar-refractivity contribution is -0.0878. The van der Waals surface area contributed by atoms with E-state index in [1.807, 2.05) is 0 Å². The Morgan fingerprint density at radius 3 is 2.48 bits per heavy atom. The number of carbonyl (C=O) groups is 1. The van der Waals surface area contributed by atoms with Gasteiger partial charge in [0.1, 0.15) is 5.75 Å². The highest BCUT2D eigenvalue weighted by atomic mass is 35.5. The molecule has 1 N–H and O–H groups in total. The maximum absolute atomic E-state index is 12.7. The van der Waals surface area contributed by atoms with Crippen molar-refractivity contribution in [3.63, 3.8) is 0 Å². The van der Waals surface area contributed by atoms with E-state index in [0.717, 1.165) is 12.2 Å². The van der Waals surface area contributed by atoms with Crippen LogP contribution >= 0.6 is 11.6 Å². The van der Waals surface area contributed by atoms with Gasteiger partial charge in [-0.2, -0.15) is 13.2 Å². The zero-order valence-corrected chi connectivity index (χ0v) is 17.1. The molecule has 1 aromatic carbocycles. The number of hydrogen-bond acceptors (Lipinski definition) is 4. The van der Waals surface area contributed by atoms with Gasteiger partial charge in [0.15, 0.2) is 0 Å². The van der Waals surface area contributed by atoms with Gasteiger partial charge in [-0.05, 0) is 31.2 Å². The lowest BCUT2D eigenvalue weighted by atomic mass is 10.1. The Hall–Kier alpha value is -2.29. The molecule has 0 unspecified atom stereocenters. The lowest BCUT2D eigenvalue weighted by Crippen LogP contribution is -2.23. The minimum Gasteiger partial charge on any atom is -0.496 e. The second kappa shape index (κ2) is 11.6. The molecule has 0 heterocycles. The van der Waals surface area contributed by atoms with Crippen LogP contribution in [0.25, 0.3) is 0 Å². The van der Waals surface area contributed by atoms with Gasteiger partial charge >= 0.3 is 6.18 Å². The number of allylic oxidation sites excluding steroid dienone is 4. The molecule has 160 valence electrons. The Bertz CT molecular complexity index is 789. The number of amides is 1. The SMILES string of the molecule is C=C(/C=C\C(=C/C)NC(=O)c1cc(Cl)cc(COCCOC)c1OC)C(F)(F)F. The molecule has 0 bridgehead atoms. The summed E-state index contributed by atoms with van der Waals surface area (Å²) in [5.41, 5.74) is -0.223. The van der Waals surface area contributed by atoms with Gasteiger partial charge in [-0.15, -0.1) is 0 Å². The van der Waals surface area contributed by atoms with Crippen LogP contribution in [0.4, 0.5) is 13.2 Å². The minimum absolute atomic E-state index is 0.118. The molecule has 0 aliphatic heterocycles. The molecule has 0 aromatic heterocycles. The zero-order valence-electron chi connectivity index (χ0n) is 16.4. The van der Waals surface area contributed by atoms with E-state index in [1.165, 1.54) is 19.3 Å². The van der Waals surface area contributed by atoms with Crippen molar-refractivity contribution in [1.29, 1.82) is 0 Å². The van der Waals surface area contributed by atoms with E-state index in [1.54, 1.807) is 20.1 Å². The van der Waals surface area contributed by atoms with Crippen LogP contribution in [0.5, 0.6) is 5.75 Å². The highest BCUT2D eigenvalue weighted by Gasteiger charge is 2.29. The average molecular weight is 434 g/mol. The van der Waals surface area contributed by atoms with E-state index < -0.39 is 17.7 Å². The first-order valence-electron chi connectivity index (χ1n) is 8.49. The van der Waals surface area contributed by atoms with E-state index in [-0.39, 0.29) is 28.6 Å². The fourth-order valence-electron chi connectivity index (χ4n) is 2.18. The Morgan fingerprint density at radius 1 is 1.24 bits per heavy atom. The molecule has 0 aliphatic carbocycles. The molecule has 0 aliphatic rings. The third kappa shape index (κ3) is 7.92. The second-order valence-corrected chi connectivity index (χ2v) is 6.18.